The second-order valence-electron chi connectivity index (χ2n) is 10.2. The Morgan fingerprint density at radius 3 is 2.83 bits per heavy atom. The molecule has 3 N–H and O–H groups in total. The number of carbonyl (C=O) groups excluding carboxylic acids is 1. The molecule has 0 aromatic carbocycles. The van der Waals surface area contributed by atoms with E-state index in [4.69, 9.17) is 22.7 Å². The van der Waals surface area contributed by atoms with Gasteiger partial charge in [-0.05, 0) is 85.9 Å². The fraction of sp³-hybridized carbons (Fsp3) is 0.625. The van der Waals surface area contributed by atoms with Crippen LogP contribution >= 0.6 is 12.2 Å². The number of nitrogens with two attached hydrogens (primary N) is 1. The van der Waals surface area contributed by atoms with Crippen molar-refractivity contribution in [2.75, 3.05) is 6.61 Å². The lowest BCUT2D eigenvalue weighted by Gasteiger charge is -2.58. The molecule has 5 rings (SSSR count). The molecule has 5 aliphatic rings. The number of nitrogens with one attached hydrogen (secondary N) is 1. The summed E-state index contributed by atoms with van der Waals surface area (Å²) in [5.74, 6) is 1.85. The highest BCUT2D eigenvalue weighted by molar-refractivity contribution is 7.80. The maximum Gasteiger partial charge on any atom is 0.331 e. The summed E-state index contributed by atoms with van der Waals surface area (Å²) in [5, 5.41) is 4.71. The zero-order valence-electron chi connectivity index (χ0n) is 17.9. The molecule has 1 heterocycles. The van der Waals surface area contributed by atoms with Gasteiger partial charge >= 0.3 is 5.97 Å². The highest BCUT2D eigenvalue weighted by Gasteiger charge is 2.56. The number of thiocarbonyl (C=S) groups is 1. The van der Waals surface area contributed by atoms with Crippen molar-refractivity contribution in [3.63, 3.8) is 0 Å². The van der Waals surface area contributed by atoms with E-state index in [0.29, 0.717) is 23.9 Å². The first-order valence-corrected chi connectivity index (χ1v) is 11.6. The number of hydrazone groups is 1. The van der Waals surface area contributed by atoms with Crippen LogP contribution in [0.4, 0.5) is 0 Å². The van der Waals surface area contributed by atoms with E-state index in [1.54, 1.807) is 11.6 Å². The van der Waals surface area contributed by atoms with Gasteiger partial charge in [-0.2, -0.15) is 5.10 Å². The lowest BCUT2D eigenvalue weighted by Crippen LogP contribution is -2.51. The number of rotatable bonds is 2. The molecule has 5 nitrogen and oxygen atoms in total. The van der Waals surface area contributed by atoms with Crippen LogP contribution < -0.4 is 11.2 Å². The van der Waals surface area contributed by atoms with Crippen molar-refractivity contribution >= 4 is 29.0 Å². The Kier molecular flexibility index (Phi) is 4.69. The third-order valence-electron chi connectivity index (χ3n) is 8.87. The molecule has 6 heteroatoms. The lowest BCUT2D eigenvalue weighted by atomic mass is 9.46. The quantitative estimate of drug-likeness (QED) is 0.395. The fourth-order valence-electron chi connectivity index (χ4n) is 7.28. The lowest BCUT2D eigenvalue weighted by molar-refractivity contribution is -0.134. The predicted molar refractivity (Wildman–Crippen MR) is 122 cm³/mol. The maximum absolute atomic E-state index is 11.6. The second-order valence-corrected chi connectivity index (χ2v) is 10.6. The van der Waals surface area contributed by atoms with Crippen molar-refractivity contribution in [2.24, 2.45) is 39.4 Å². The molecule has 1 aliphatic heterocycles. The van der Waals surface area contributed by atoms with Gasteiger partial charge in [0.2, 0.25) is 0 Å². The van der Waals surface area contributed by atoms with Crippen LogP contribution in [-0.2, 0) is 9.53 Å². The Hall–Kier alpha value is -1.95. The Labute approximate surface area is 183 Å². The number of nitrogens with zero attached hydrogens (tertiary/aromatic N) is 1. The van der Waals surface area contributed by atoms with E-state index < -0.39 is 0 Å². The minimum atomic E-state index is -0.200. The smallest absolute Gasteiger partial charge is 0.331 e. The summed E-state index contributed by atoms with van der Waals surface area (Å²) in [6.45, 7) is 5.35. The van der Waals surface area contributed by atoms with Crippen LogP contribution in [0.3, 0.4) is 0 Å². The summed E-state index contributed by atoms with van der Waals surface area (Å²) in [7, 11) is 0. The summed E-state index contributed by atoms with van der Waals surface area (Å²) in [5.41, 5.74) is 14.0. The normalized spacial score (nSPS) is 41.1. The molecule has 0 radical (unpaired) electrons. The molecule has 5 atom stereocenters. The SMILES string of the molecule is C[C@]12CC[C@H]3[C@@H](CC[C@@H]4C/C(=N\NC(N)=S)CC[C@@]43C)C1=CC=C2C1=CC(=O)OC1. The van der Waals surface area contributed by atoms with Crippen molar-refractivity contribution < 1.29 is 9.53 Å². The minimum absolute atomic E-state index is 0.0617. The number of hydrogen-bond donors (Lipinski definition) is 2. The first-order valence-electron chi connectivity index (χ1n) is 11.2. The fourth-order valence-corrected chi connectivity index (χ4v) is 7.33. The summed E-state index contributed by atoms with van der Waals surface area (Å²) in [6, 6.07) is 0. The standard InChI is InChI=1S/C24H31N3O2S/c1-23-9-7-16(26-27-22(25)30)12-15(23)3-4-17-19-6-5-18(14-11-21(28)29-13-14)24(19,2)10-8-20(17)23/h5-6,11,15,17,20H,3-4,7-10,12-13H2,1-2H3,(H3,25,27,30)/b26-16-/t15-,17+,20+,23+,24-/m1/s1. The van der Waals surface area contributed by atoms with Gasteiger partial charge in [-0.25, -0.2) is 4.79 Å². The molecule has 30 heavy (non-hydrogen) atoms. The van der Waals surface area contributed by atoms with E-state index >= 15 is 0 Å². The van der Waals surface area contributed by atoms with Crippen molar-refractivity contribution in [2.45, 2.75) is 58.8 Å². The molecular weight excluding hydrogens is 394 g/mol. The number of hydrogen-bond acceptors (Lipinski definition) is 4. The van der Waals surface area contributed by atoms with Crippen LogP contribution in [0.15, 0.2) is 40.0 Å². The summed E-state index contributed by atoms with van der Waals surface area (Å²) in [6.07, 6.45) is 14.5. The van der Waals surface area contributed by atoms with Gasteiger partial charge in [0.15, 0.2) is 5.11 Å². The minimum Gasteiger partial charge on any atom is -0.458 e. The molecule has 0 unspecified atom stereocenters. The average Bonchev–Trinajstić information content (AvgIpc) is 3.28. The van der Waals surface area contributed by atoms with Crippen molar-refractivity contribution in [1.82, 2.24) is 5.43 Å². The van der Waals surface area contributed by atoms with E-state index in [0.717, 1.165) is 30.8 Å². The molecule has 0 aromatic heterocycles. The first kappa shape index (κ1) is 20.0. The molecule has 0 amide bonds. The van der Waals surface area contributed by atoms with Crippen molar-refractivity contribution in [3.05, 3.63) is 34.9 Å². The van der Waals surface area contributed by atoms with E-state index in [2.05, 4.69) is 36.5 Å². The molecule has 0 saturated heterocycles. The summed E-state index contributed by atoms with van der Waals surface area (Å²) in [4.78, 5) is 11.6. The van der Waals surface area contributed by atoms with Gasteiger partial charge in [0, 0.05) is 22.8 Å². The molecule has 0 aromatic rings. The largest absolute Gasteiger partial charge is 0.458 e. The molecule has 4 aliphatic carbocycles. The second kappa shape index (κ2) is 7.04. The number of ether oxygens (including phenoxy) is 1. The van der Waals surface area contributed by atoms with Gasteiger partial charge in [-0.15, -0.1) is 0 Å². The van der Waals surface area contributed by atoms with Crippen molar-refractivity contribution in [3.8, 4) is 0 Å². The highest BCUT2D eigenvalue weighted by Crippen LogP contribution is 2.65. The molecule has 3 saturated carbocycles. The van der Waals surface area contributed by atoms with E-state index in [1.807, 2.05) is 0 Å². The molecule has 0 spiro atoms. The van der Waals surface area contributed by atoms with Crippen LogP contribution in [0.2, 0.25) is 0 Å². The predicted octanol–water partition coefficient (Wildman–Crippen LogP) is 4.16. The van der Waals surface area contributed by atoms with Crippen LogP contribution in [0.25, 0.3) is 0 Å². The zero-order chi connectivity index (χ0) is 21.1. The van der Waals surface area contributed by atoms with E-state index in [9.17, 15) is 4.79 Å². The van der Waals surface area contributed by atoms with Crippen LogP contribution in [0.5, 0.6) is 0 Å². The Morgan fingerprint density at radius 1 is 1.27 bits per heavy atom. The van der Waals surface area contributed by atoms with Crippen molar-refractivity contribution in [1.29, 1.82) is 0 Å². The van der Waals surface area contributed by atoms with Gasteiger partial charge < -0.3 is 10.5 Å². The Morgan fingerprint density at radius 2 is 2.10 bits per heavy atom. The molecular formula is C24H31N3O2S. The number of esters is 1. The maximum atomic E-state index is 11.6. The van der Waals surface area contributed by atoms with Crippen LogP contribution in [-0.4, -0.2) is 23.4 Å². The molecule has 0 bridgehead atoms. The summed E-state index contributed by atoms with van der Waals surface area (Å²) >= 11 is 4.90. The van der Waals surface area contributed by atoms with Gasteiger partial charge in [0.05, 0.1) is 0 Å². The molecule has 160 valence electrons. The number of carbonyl (C=O) groups is 1. The van der Waals surface area contributed by atoms with Crippen LogP contribution in [0, 0.1) is 28.6 Å². The molecule has 3 fully saturated rings. The topological polar surface area (TPSA) is 76.7 Å². The van der Waals surface area contributed by atoms with Gasteiger partial charge in [0.1, 0.15) is 6.61 Å². The average molecular weight is 426 g/mol. The van der Waals surface area contributed by atoms with Gasteiger partial charge in [-0.3, -0.25) is 5.43 Å². The number of allylic oxidation sites excluding steroid dienone is 3. The van der Waals surface area contributed by atoms with E-state index in [-0.39, 0.29) is 16.5 Å². The van der Waals surface area contributed by atoms with E-state index in [1.165, 1.54) is 37.0 Å². The third-order valence-corrected chi connectivity index (χ3v) is 8.97. The first-order chi connectivity index (χ1) is 14.3. The third kappa shape index (κ3) is 2.98. The van der Waals surface area contributed by atoms with Gasteiger partial charge in [-0.1, -0.05) is 31.6 Å². The van der Waals surface area contributed by atoms with Crippen LogP contribution in [0.1, 0.15) is 58.8 Å². The number of cyclic esters (lactones) is 1. The number of fused-ring (bicyclic) bond motifs is 5. The van der Waals surface area contributed by atoms with Gasteiger partial charge in [0.25, 0.3) is 0 Å². The summed E-state index contributed by atoms with van der Waals surface area (Å²) < 4.78 is 5.21. The Balaban J connectivity index is 1.36. The zero-order valence-corrected chi connectivity index (χ0v) is 18.7. The monoisotopic (exact) mass is 425 g/mol. The Bertz CT molecular complexity index is 933. The highest BCUT2D eigenvalue weighted by atomic mass is 32.1.